The Morgan fingerprint density at radius 2 is 1.63 bits per heavy atom. The van der Waals surface area contributed by atoms with E-state index in [1.54, 1.807) is 13.8 Å². The molecule has 2 N–H and O–H groups in total. The van der Waals surface area contributed by atoms with Crippen LogP contribution in [0.4, 0.5) is 14.5 Å². The summed E-state index contributed by atoms with van der Waals surface area (Å²) in [6.07, 6.45) is 0.672. The van der Waals surface area contributed by atoms with Gasteiger partial charge < -0.3 is 14.8 Å². The molecule has 0 aliphatic carbocycles. The molecule has 10 heteroatoms. The summed E-state index contributed by atoms with van der Waals surface area (Å²) in [6, 6.07) is 5.55. The Morgan fingerprint density at radius 3 is 2.27 bits per heavy atom. The van der Waals surface area contributed by atoms with Gasteiger partial charge in [0, 0.05) is 24.2 Å². The molecule has 30 heavy (non-hydrogen) atoms. The molecule has 1 heterocycles. The lowest BCUT2D eigenvalue weighted by molar-refractivity contribution is -0.118. The summed E-state index contributed by atoms with van der Waals surface area (Å²) < 4.78 is 65.9. The molecule has 0 unspecified atom stereocenters. The van der Waals surface area contributed by atoms with Crippen molar-refractivity contribution >= 4 is 21.6 Å². The van der Waals surface area contributed by atoms with E-state index < -0.39 is 39.5 Å². The summed E-state index contributed by atoms with van der Waals surface area (Å²) in [5, 5.41) is 2.35. The second-order valence-corrected chi connectivity index (χ2v) is 8.86. The molecule has 0 bridgehead atoms. The second kappa shape index (κ2) is 8.97. The minimum absolute atomic E-state index is 0.0954. The highest BCUT2D eigenvalue weighted by atomic mass is 32.2. The standard InChI is InChI=1S/C20H22F2N2O5S/c1-12(2)19(20(25)23-15-9-13(21)8-14(22)10-15)24-30(26,27)16-4-5-17-18(11-16)29-7-3-6-28-17/h4-5,8-12,19,24H,3,6-7H2,1-2H3,(H,23,25)/t19-/m1/s1. The van der Waals surface area contributed by atoms with Crippen molar-refractivity contribution in [1.29, 1.82) is 0 Å². The lowest BCUT2D eigenvalue weighted by atomic mass is 10.0. The lowest BCUT2D eigenvalue weighted by Crippen LogP contribution is -2.47. The summed E-state index contributed by atoms with van der Waals surface area (Å²) in [4.78, 5) is 12.5. The van der Waals surface area contributed by atoms with Crippen molar-refractivity contribution in [2.45, 2.75) is 31.2 Å². The molecular weight excluding hydrogens is 418 g/mol. The van der Waals surface area contributed by atoms with Crippen molar-refractivity contribution in [2.75, 3.05) is 18.5 Å². The molecular formula is C20H22F2N2O5S. The fourth-order valence-corrected chi connectivity index (χ4v) is 4.24. The van der Waals surface area contributed by atoms with Crippen LogP contribution in [0.1, 0.15) is 20.3 Å². The van der Waals surface area contributed by atoms with Crippen molar-refractivity contribution in [1.82, 2.24) is 4.72 Å². The molecule has 0 radical (unpaired) electrons. The first-order valence-electron chi connectivity index (χ1n) is 9.34. The quantitative estimate of drug-likeness (QED) is 0.720. The van der Waals surface area contributed by atoms with Crippen LogP contribution in [0.15, 0.2) is 41.3 Å². The number of hydrogen-bond acceptors (Lipinski definition) is 5. The van der Waals surface area contributed by atoms with E-state index in [9.17, 15) is 22.0 Å². The maximum Gasteiger partial charge on any atom is 0.242 e. The van der Waals surface area contributed by atoms with Crippen molar-refractivity contribution in [3.05, 3.63) is 48.0 Å². The van der Waals surface area contributed by atoms with E-state index in [0.717, 1.165) is 12.1 Å². The van der Waals surface area contributed by atoms with E-state index in [1.807, 2.05) is 0 Å². The van der Waals surface area contributed by atoms with Crippen LogP contribution in [0.3, 0.4) is 0 Å². The van der Waals surface area contributed by atoms with Gasteiger partial charge >= 0.3 is 0 Å². The van der Waals surface area contributed by atoms with Crippen LogP contribution in [0, 0.1) is 17.6 Å². The van der Waals surface area contributed by atoms with E-state index in [4.69, 9.17) is 9.47 Å². The minimum atomic E-state index is -4.10. The average Bonchev–Trinajstić information content (AvgIpc) is 2.89. The van der Waals surface area contributed by atoms with Crippen LogP contribution in [0.25, 0.3) is 0 Å². The van der Waals surface area contributed by atoms with E-state index in [0.29, 0.717) is 37.2 Å². The average molecular weight is 440 g/mol. The molecule has 2 aromatic carbocycles. The number of anilines is 1. The van der Waals surface area contributed by atoms with Gasteiger partial charge in [0.05, 0.1) is 18.1 Å². The van der Waals surface area contributed by atoms with Gasteiger partial charge in [-0.25, -0.2) is 17.2 Å². The predicted octanol–water partition coefficient (Wildman–Crippen LogP) is 3.07. The zero-order valence-corrected chi connectivity index (χ0v) is 17.3. The molecule has 2 aromatic rings. The van der Waals surface area contributed by atoms with Crippen LogP contribution < -0.4 is 19.5 Å². The molecule has 0 saturated heterocycles. The van der Waals surface area contributed by atoms with Crippen molar-refractivity contribution in [3.63, 3.8) is 0 Å². The Hall–Kier alpha value is -2.72. The first-order valence-corrected chi connectivity index (χ1v) is 10.8. The fourth-order valence-electron chi connectivity index (χ4n) is 2.88. The first kappa shape index (κ1) is 22.0. The predicted molar refractivity (Wildman–Crippen MR) is 106 cm³/mol. The topological polar surface area (TPSA) is 93.7 Å². The third kappa shape index (κ3) is 5.25. The van der Waals surface area contributed by atoms with Gasteiger partial charge in [0.2, 0.25) is 15.9 Å². The number of fused-ring (bicyclic) bond motifs is 1. The number of sulfonamides is 1. The van der Waals surface area contributed by atoms with Crippen LogP contribution in [0.5, 0.6) is 11.5 Å². The molecule has 1 aliphatic rings. The third-order valence-corrected chi connectivity index (χ3v) is 5.83. The smallest absolute Gasteiger partial charge is 0.242 e. The molecule has 0 fully saturated rings. The highest BCUT2D eigenvalue weighted by Crippen LogP contribution is 2.32. The van der Waals surface area contributed by atoms with Gasteiger partial charge in [-0.2, -0.15) is 4.72 Å². The van der Waals surface area contributed by atoms with Gasteiger partial charge in [-0.05, 0) is 30.2 Å². The maximum atomic E-state index is 13.4. The SMILES string of the molecule is CC(C)[C@@H](NS(=O)(=O)c1ccc2c(c1)OCCCO2)C(=O)Nc1cc(F)cc(F)c1. The van der Waals surface area contributed by atoms with E-state index in [1.165, 1.54) is 18.2 Å². The number of benzene rings is 2. The number of ether oxygens (including phenoxy) is 2. The maximum absolute atomic E-state index is 13.4. The van der Waals surface area contributed by atoms with Gasteiger partial charge in [-0.3, -0.25) is 4.79 Å². The van der Waals surface area contributed by atoms with Gasteiger partial charge in [0.25, 0.3) is 0 Å². The lowest BCUT2D eigenvalue weighted by Gasteiger charge is -2.22. The number of nitrogens with one attached hydrogen (secondary N) is 2. The highest BCUT2D eigenvalue weighted by Gasteiger charge is 2.29. The monoisotopic (exact) mass is 440 g/mol. The summed E-state index contributed by atoms with van der Waals surface area (Å²) in [6.45, 7) is 4.15. The fraction of sp³-hybridized carbons (Fsp3) is 0.350. The van der Waals surface area contributed by atoms with Crippen LogP contribution in [-0.2, 0) is 14.8 Å². The summed E-state index contributed by atoms with van der Waals surface area (Å²) in [5.74, 6) is -2.17. The molecule has 3 rings (SSSR count). The normalized spacial score (nSPS) is 14.8. The third-order valence-electron chi connectivity index (χ3n) is 4.39. The molecule has 1 amide bonds. The number of carbonyl (C=O) groups is 1. The summed E-state index contributed by atoms with van der Waals surface area (Å²) in [5.41, 5.74) is -0.113. The first-order chi connectivity index (χ1) is 14.2. The molecule has 7 nitrogen and oxygen atoms in total. The Kier molecular flexibility index (Phi) is 6.57. The summed E-state index contributed by atoms with van der Waals surface area (Å²) in [7, 11) is -4.10. The zero-order chi connectivity index (χ0) is 21.9. The van der Waals surface area contributed by atoms with E-state index >= 15 is 0 Å². The van der Waals surface area contributed by atoms with E-state index in [-0.39, 0.29) is 10.6 Å². The van der Waals surface area contributed by atoms with Gasteiger partial charge in [0.15, 0.2) is 11.5 Å². The Labute approximate surface area is 173 Å². The second-order valence-electron chi connectivity index (χ2n) is 7.15. The molecule has 1 aliphatic heterocycles. The Balaban J connectivity index is 1.81. The van der Waals surface area contributed by atoms with Gasteiger partial charge in [-0.1, -0.05) is 13.8 Å². The number of hydrogen-bond donors (Lipinski definition) is 2. The van der Waals surface area contributed by atoms with Crippen LogP contribution in [0.2, 0.25) is 0 Å². The molecule has 1 atom stereocenters. The molecule has 0 saturated carbocycles. The Morgan fingerprint density at radius 1 is 1.00 bits per heavy atom. The molecule has 0 spiro atoms. The van der Waals surface area contributed by atoms with Crippen LogP contribution >= 0.6 is 0 Å². The van der Waals surface area contributed by atoms with Crippen molar-refractivity contribution in [3.8, 4) is 11.5 Å². The molecule has 162 valence electrons. The minimum Gasteiger partial charge on any atom is -0.490 e. The van der Waals surface area contributed by atoms with Gasteiger partial charge in [-0.15, -0.1) is 0 Å². The largest absolute Gasteiger partial charge is 0.490 e. The van der Waals surface area contributed by atoms with E-state index in [2.05, 4.69) is 10.0 Å². The number of halogens is 2. The number of amides is 1. The van der Waals surface area contributed by atoms with Crippen LogP contribution in [-0.4, -0.2) is 33.6 Å². The summed E-state index contributed by atoms with van der Waals surface area (Å²) >= 11 is 0. The molecule has 0 aromatic heterocycles. The number of rotatable bonds is 6. The van der Waals surface area contributed by atoms with Crippen molar-refractivity contribution < 1.29 is 31.5 Å². The zero-order valence-electron chi connectivity index (χ0n) is 16.4. The van der Waals surface area contributed by atoms with Gasteiger partial charge in [0.1, 0.15) is 17.7 Å². The highest BCUT2D eigenvalue weighted by molar-refractivity contribution is 7.89. The van der Waals surface area contributed by atoms with Crippen molar-refractivity contribution in [2.24, 2.45) is 5.92 Å². The number of carbonyl (C=O) groups excluding carboxylic acids is 1. The Bertz CT molecular complexity index is 1020.